The summed E-state index contributed by atoms with van der Waals surface area (Å²) in [5, 5.41) is 0. The Morgan fingerprint density at radius 2 is 1.79 bits per heavy atom. The zero-order valence-corrected chi connectivity index (χ0v) is 11.0. The molecule has 0 aromatic carbocycles. The molecule has 2 nitrogen and oxygen atoms in total. The average Bonchev–Trinajstić information content (AvgIpc) is 2.21. The molecule has 0 rings (SSSR count). The third kappa shape index (κ3) is 6.80. The molecule has 0 aliphatic heterocycles. The molecule has 0 spiro atoms. The Kier molecular flexibility index (Phi) is 8.94. The summed E-state index contributed by atoms with van der Waals surface area (Å²) in [5.74, 6) is 0.964. The van der Waals surface area contributed by atoms with E-state index in [-0.39, 0.29) is 0 Å². The highest BCUT2D eigenvalue weighted by Gasteiger charge is 2.17. The Hall–Kier alpha value is 0.400. The van der Waals surface area contributed by atoms with E-state index in [4.69, 9.17) is 20.9 Å². The zero-order valence-electron chi connectivity index (χ0n) is 8.48. The largest absolute Gasteiger partial charge is 0.317 e. The maximum absolute atomic E-state index is 5.48. The standard InChI is InChI=1S/C9H17O2PS2/c1-4-7-10-12(13,11-8-5-2)14-9-6-3/h4-5H,1-2,6-9H2,3H3. The molecule has 0 amide bonds. The van der Waals surface area contributed by atoms with Crippen molar-refractivity contribution in [3.8, 4) is 0 Å². The van der Waals surface area contributed by atoms with E-state index in [1.165, 1.54) is 0 Å². The third-order valence-corrected chi connectivity index (χ3v) is 6.70. The molecular formula is C9H17O2PS2. The number of hydrogen-bond donors (Lipinski definition) is 0. The van der Waals surface area contributed by atoms with Gasteiger partial charge in [-0.15, -0.1) is 13.2 Å². The van der Waals surface area contributed by atoms with Gasteiger partial charge in [0.1, 0.15) is 0 Å². The fraction of sp³-hybridized carbons (Fsp3) is 0.556. The van der Waals surface area contributed by atoms with E-state index in [9.17, 15) is 0 Å². The van der Waals surface area contributed by atoms with Crippen molar-refractivity contribution < 1.29 is 9.05 Å². The number of rotatable bonds is 9. The minimum absolute atomic E-state index is 0.450. The summed E-state index contributed by atoms with van der Waals surface area (Å²) in [6.45, 7) is 10.2. The normalized spacial score (nSPS) is 11.2. The lowest BCUT2D eigenvalue weighted by Crippen LogP contribution is -1.93. The van der Waals surface area contributed by atoms with Crippen LogP contribution in [0.15, 0.2) is 25.3 Å². The highest BCUT2D eigenvalue weighted by molar-refractivity contribution is 8.67. The van der Waals surface area contributed by atoms with Crippen molar-refractivity contribution in [2.45, 2.75) is 13.3 Å². The van der Waals surface area contributed by atoms with E-state index in [0.717, 1.165) is 12.2 Å². The molecule has 5 heteroatoms. The van der Waals surface area contributed by atoms with Crippen LogP contribution in [0.5, 0.6) is 0 Å². The van der Waals surface area contributed by atoms with E-state index < -0.39 is 5.69 Å². The van der Waals surface area contributed by atoms with Crippen molar-refractivity contribution in [3.63, 3.8) is 0 Å². The van der Waals surface area contributed by atoms with Gasteiger partial charge < -0.3 is 9.05 Å². The smallest absolute Gasteiger partial charge is 0.247 e. The van der Waals surface area contributed by atoms with Gasteiger partial charge >= 0.3 is 0 Å². The van der Waals surface area contributed by atoms with Crippen LogP contribution in [0.2, 0.25) is 0 Å². The summed E-state index contributed by atoms with van der Waals surface area (Å²) in [6.07, 6.45) is 4.44. The SMILES string of the molecule is C=CCOP(=S)(OCC=C)SCCC. The maximum Gasteiger partial charge on any atom is 0.247 e. The van der Waals surface area contributed by atoms with E-state index >= 15 is 0 Å². The highest BCUT2D eigenvalue weighted by atomic mass is 32.9. The Morgan fingerprint density at radius 3 is 2.14 bits per heavy atom. The first-order valence-corrected chi connectivity index (χ1v) is 8.67. The van der Waals surface area contributed by atoms with Gasteiger partial charge in [-0.3, -0.25) is 0 Å². The van der Waals surface area contributed by atoms with Crippen LogP contribution in [0.3, 0.4) is 0 Å². The topological polar surface area (TPSA) is 18.5 Å². The average molecular weight is 252 g/mol. The molecule has 14 heavy (non-hydrogen) atoms. The summed E-state index contributed by atoms with van der Waals surface area (Å²) >= 11 is 6.92. The lowest BCUT2D eigenvalue weighted by molar-refractivity contribution is 0.302. The Morgan fingerprint density at radius 1 is 1.29 bits per heavy atom. The van der Waals surface area contributed by atoms with Crippen molar-refractivity contribution in [3.05, 3.63) is 25.3 Å². The second-order valence-corrected chi connectivity index (χ2v) is 8.88. The lowest BCUT2D eigenvalue weighted by atomic mass is 10.6. The fourth-order valence-electron chi connectivity index (χ4n) is 0.603. The van der Waals surface area contributed by atoms with E-state index in [1.54, 1.807) is 23.5 Å². The van der Waals surface area contributed by atoms with E-state index in [2.05, 4.69) is 20.1 Å². The molecule has 0 saturated carbocycles. The predicted octanol–water partition coefficient (Wildman–Crippen LogP) is 3.76. The van der Waals surface area contributed by atoms with E-state index in [1.807, 2.05) is 0 Å². The van der Waals surface area contributed by atoms with Crippen LogP contribution in [0.1, 0.15) is 13.3 Å². The van der Waals surface area contributed by atoms with Gasteiger partial charge in [-0.05, 0) is 18.2 Å². The molecule has 0 atom stereocenters. The van der Waals surface area contributed by atoms with Crippen molar-refractivity contribution in [1.29, 1.82) is 0 Å². The molecule has 0 aliphatic carbocycles. The van der Waals surface area contributed by atoms with Crippen LogP contribution in [0.25, 0.3) is 0 Å². The summed E-state index contributed by atoms with van der Waals surface area (Å²) in [5.41, 5.74) is -2.16. The quantitative estimate of drug-likeness (QED) is 0.459. The van der Waals surface area contributed by atoms with Gasteiger partial charge in [-0.25, -0.2) is 0 Å². The molecule has 0 N–H and O–H groups in total. The molecule has 0 unspecified atom stereocenters. The van der Waals surface area contributed by atoms with Crippen LogP contribution in [0, 0.1) is 0 Å². The zero-order chi connectivity index (χ0) is 10.9. The van der Waals surface area contributed by atoms with Crippen LogP contribution in [-0.4, -0.2) is 19.0 Å². The van der Waals surface area contributed by atoms with Crippen LogP contribution in [-0.2, 0) is 20.9 Å². The molecule has 0 heterocycles. The first-order valence-electron chi connectivity index (χ1n) is 4.44. The van der Waals surface area contributed by atoms with Crippen molar-refractivity contribution in [2.75, 3.05) is 19.0 Å². The van der Waals surface area contributed by atoms with Crippen LogP contribution in [0.4, 0.5) is 0 Å². The maximum atomic E-state index is 5.48. The molecule has 0 radical (unpaired) electrons. The molecule has 0 fully saturated rings. The van der Waals surface area contributed by atoms with Crippen molar-refractivity contribution in [2.24, 2.45) is 0 Å². The summed E-state index contributed by atoms with van der Waals surface area (Å²) in [6, 6.07) is 0. The van der Waals surface area contributed by atoms with Crippen molar-refractivity contribution in [1.82, 2.24) is 0 Å². The van der Waals surface area contributed by atoms with Gasteiger partial charge in [-0.1, -0.05) is 30.5 Å². The Balaban J connectivity index is 4.09. The summed E-state index contributed by atoms with van der Waals surface area (Å²) < 4.78 is 11.0. The van der Waals surface area contributed by atoms with E-state index in [0.29, 0.717) is 13.2 Å². The fourth-order valence-corrected chi connectivity index (χ4v) is 4.88. The first kappa shape index (κ1) is 14.4. The van der Waals surface area contributed by atoms with Gasteiger partial charge in [-0.2, -0.15) is 0 Å². The molecule has 0 aliphatic rings. The van der Waals surface area contributed by atoms with Gasteiger partial charge in [0.2, 0.25) is 5.69 Å². The van der Waals surface area contributed by atoms with Crippen LogP contribution >= 0.6 is 17.1 Å². The Bertz CT molecular complexity index is 203. The van der Waals surface area contributed by atoms with Gasteiger partial charge in [0.15, 0.2) is 0 Å². The minimum atomic E-state index is -2.16. The molecule has 0 aromatic rings. The number of hydrogen-bond acceptors (Lipinski definition) is 4. The molecule has 0 saturated heterocycles. The lowest BCUT2D eigenvalue weighted by Gasteiger charge is -2.19. The minimum Gasteiger partial charge on any atom is -0.317 e. The highest BCUT2D eigenvalue weighted by Crippen LogP contribution is 2.61. The van der Waals surface area contributed by atoms with Crippen molar-refractivity contribution >= 4 is 28.9 Å². The van der Waals surface area contributed by atoms with Gasteiger partial charge in [0.05, 0.1) is 13.2 Å². The second-order valence-electron chi connectivity index (χ2n) is 2.45. The van der Waals surface area contributed by atoms with Gasteiger partial charge in [0.25, 0.3) is 0 Å². The van der Waals surface area contributed by atoms with Crippen LogP contribution < -0.4 is 0 Å². The monoisotopic (exact) mass is 252 g/mol. The predicted molar refractivity (Wildman–Crippen MR) is 69.3 cm³/mol. The molecule has 0 aromatic heterocycles. The summed E-state index contributed by atoms with van der Waals surface area (Å²) in [7, 11) is 0. The molecule has 82 valence electrons. The molecular weight excluding hydrogens is 235 g/mol. The first-order chi connectivity index (χ1) is 6.68. The molecule has 0 bridgehead atoms. The summed E-state index contributed by atoms with van der Waals surface area (Å²) in [4.78, 5) is 0. The van der Waals surface area contributed by atoms with Gasteiger partial charge in [0, 0.05) is 5.75 Å². The third-order valence-electron chi connectivity index (χ3n) is 1.15. The second kappa shape index (κ2) is 8.69. The Labute approximate surface area is 95.7 Å².